The molecule has 0 spiro atoms. The lowest BCUT2D eigenvalue weighted by atomic mass is 10.1. The van der Waals surface area contributed by atoms with Crippen molar-refractivity contribution in [1.82, 2.24) is 0 Å². The van der Waals surface area contributed by atoms with E-state index in [1.54, 1.807) is 12.3 Å². The Kier molecular flexibility index (Phi) is 1.03. The van der Waals surface area contributed by atoms with Gasteiger partial charge in [0, 0.05) is 19.2 Å². The molecular formula is C7H6N2O. The van der Waals surface area contributed by atoms with Crippen LogP contribution in [-0.4, -0.2) is 24.4 Å². The Bertz CT molecular complexity index is 273. The fourth-order valence-electron chi connectivity index (χ4n) is 1.07. The molecule has 3 heteroatoms. The Labute approximate surface area is 58.2 Å². The van der Waals surface area contributed by atoms with E-state index < -0.39 is 0 Å². The average molecular weight is 134 g/mol. The van der Waals surface area contributed by atoms with Crippen molar-refractivity contribution in [2.24, 2.45) is 9.98 Å². The second kappa shape index (κ2) is 1.87. The number of allylic oxidation sites excluding steroid dienone is 1. The molecule has 0 aromatic rings. The molecule has 0 radical (unpaired) electrons. The number of hydrogen-bond donors (Lipinski definition) is 0. The van der Waals surface area contributed by atoms with Gasteiger partial charge in [-0.25, -0.2) is 4.99 Å². The minimum Gasteiger partial charge on any atom is -0.294 e. The van der Waals surface area contributed by atoms with Crippen molar-refractivity contribution in [3.8, 4) is 0 Å². The number of carbonyl (C=O) groups is 1. The van der Waals surface area contributed by atoms with Gasteiger partial charge >= 0.3 is 0 Å². The molecule has 10 heavy (non-hydrogen) atoms. The third-order valence-corrected chi connectivity index (χ3v) is 1.58. The summed E-state index contributed by atoms with van der Waals surface area (Å²) in [5.74, 6) is 0.791. The molecule has 3 nitrogen and oxygen atoms in total. The molecule has 2 aliphatic heterocycles. The number of rotatable bonds is 0. The fraction of sp³-hybridized carbons (Fsp3) is 0.286. The number of hydrogen-bond acceptors (Lipinski definition) is 3. The van der Waals surface area contributed by atoms with Gasteiger partial charge in [-0.1, -0.05) is 0 Å². The number of nitrogens with zero attached hydrogens (tertiary/aromatic N) is 2. The summed E-state index contributed by atoms with van der Waals surface area (Å²) in [4.78, 5) is 19.0. The number of amidine groups is 1. The molecule has 0 fully saturated rings. The largest absolute Gasteiger partial charge is 0.294 e. The normalized spacial score (nSPS) is 22.2. The van der Waals surface area contributed by atoms with Gasteiger partial charge in [0.05, 0.1) is 5.57 Å². The Hall–Kier alpha value is -1.25. The molecule has 0 amide bonds. The smallest absolute Gasteiger partial charge is 0.168 e. The molecule has 2 aliphatic rings. The summed E-state index contributed by atoms with van der Waals surface area (Å²) in [6, 6.07) is 0. The molecule has 2 heterocycles. The number of Topliss-reactive ketones (excluding diaryl/α,β-unsaturated/α-hetero) is 1. The van der Waals surface area contributed by atoms with Crippen molar-refractivity contribution < 1.29 is 4.79 Å². The SMILES string of the molecule is O=C1CCN=C2N=CC=C12. The number of fused-ring (bicyclic) bond motifs is 1. The van der Waals surface area contributed by atoms with Gasteiger partial charge in [-0.15, -0.1) is 0 Å². The van der Waals surface area contributed by atoms with Crippen LogP contribution in [0.1, 0.15) is 6.42 Å². The van der Waals surface area contributed by atoms with E-state index >= 15 is 0 Å². The lowest BCUT2D eigenvalue weighted by Crippen LogP contribution is -2.15. The Balaban J connectivity index is 2.46. The van der Waals surface area contributed by atoms with Crippen LogP contribution in [0.4, 0.5) is 0 Å². The summed E-state index contributed by atoms with van der Waals surface area (Å²) < 4.78 is 0. The zero-order chi connectivity index (χ0) is 6.97. The van der Waals surface area contributed by atoms with Crippen LogP contribution < -0.4 is 0 Å². The first-order chi connectivity index (χ1) is 4.88. The van der Waals surface area contributed by atoms with E-state index in [-0.39, 0.29) is 5.78 Å². The molecular weight excluding hydrogens is 128 g/mol. The van der Waals surface area contributed by atoms with Crippen molar-refractivity contribution in [1.29, 1.82) is 0 Å². The van der Waals surface area contributed by atoms with Crippen LogP contribution in [-0.2, 0) is 4.79 Å². The van der Waals surface area contributed by atoms with Gasteiger partial charge in [-0.05, 0) is 6.08 Å². The van der Waals surface area contributed by atoms with Gasteiger partial charge in [0.1, 0.15) is 0 Å². The van der Waals surface area contributed by atoms with E-state index in [0.29, 0.717) is 24.4 Å². The summed E-state index contributed by atoms with van der Waals surface area (Å²) in [6.45, 7) is 0.600. The quantitative estimate of drug-likeness (QED) is 0.472. The third kappa shape index (κ3) is 0.635. The first-order valence-electron chi connectivity index (χ1n) is 3.20. The van der Waals surface area contributed by atoms with Gasteiger partial charge < -0.3 is 0 Å². The number of ketones is 1. The van der Waals surface area contributed by atoms with Crippen LogP contribution in [0.2, 0.25) is 0 Å². The van der Waals surface area contributed by atoms with Gasteiger partial charge in [-0.3, -0.25) is 9.79 Å². The lowest BCUT2D eigenvalue weighted by molar-refractivity contribution is -0.115. The summed E-state index contributed by atoms with van der Waals surface area (Å²) in [5.41, 5.74) is 0.686. The molecule has 50 valence electrons. The summed E-state index contributed by atoms with van der Waals surface area (Å²) >= 11 is 0. The maximum Gasteiger partial charge on any atom is 0.168 e. The Morgan fingerprint density at radius 1 is 1.50 bits per heavy atom. The predicted molar refractivity (Wildman–Crippen MR) is 38.5 cm³/mol. The maximum absolute atomic E-state index is 11.0. The second-order valence-corrected chi connectivity index (χ2v) is 2.24. The van der Waals surface area contributed by atoms with Gasteiger partial charge in [-0.2, -0.15) is 0 Å². The van der Waals surface area contributed by atoms with Crippen molar-refractivity contribution in [2.45, 2.75) is 6.42 Å². The van der Waals surface area contributed by atoms with Crippen molar-refractivity contribution in [3.63, 3.8) is 0 Å². The van der Waals surface area contributed by atoms with E-state index in [2.05, 4.69) is 9.98 Å². The topological polar surface area (TPSA) is 41.8 Å². The molecule has 0 unspecified atom stereocenters. The van der Waals surface area contributed by atoms with Crippen molar-refractivity contribution in [2.75, 3.05) is 6.54 Å². The van der Waals surface area contributed by atoms with Crippen molar-refractivity contribution >= 4 is 17.8 Å². The zero-order valence-corrected chi connectivity index (χ0v) is 5.37. The first-order valence-corrected chi connectivity index (χ1v) is 3.20. The van der Waals surface area contributed by atoms with E-state index in [1.807, 2.05) is 0 Å². The van der Waals surface area contributed by atoms with Crippen LogP contribution in [0.3, 0.4) is 0 Å². The van der Waals surface area contributed by atoms with E-state index in [0.717, 1.165) is 0 Å². The van der Waals surface area contributed by atoms with Crippen LogP contribution >= 0.6 is 0 Å². The maximum atomic E-state index is 11.0. The first kappa shape index (κ1) is 5.53. The lowest BCUT2D eigenvalue weighted by Gasteiger charge is -2.06. The molecule has 0 saturated heterocycles. The average Bonchev–Trinajstić information content (AvgIpc) is 2.36. The Morgan fingerprint density at radius 3 is 3.20 bits per heavy atom. The number of aliphatic imine (C=N–C) groups is 2. The van der Waals surface area contributed by atoms with Crippen LogP contribution in [0, 0.1) is 0 Å². The van der Waals surface area contributed by atoms with E-state index in [4.69, 9.17) is 0 Å². The summed E-state index contributed by atoms with van der Waals surface area (Å²) in [7, 11) is 0. The standard InChI is InChI=1S/C7H6N2O/c10-6-2-4-9-7-5(6)1-3-8-7/h1,3H,2,4H2. The molecule has 0 N–H and O–H groups in total. The second-order valence-electron chi connectivity index (χ2n) is 2.24. The molecule has 0 aromatic carbocycles. The van der Waals surface area contributed by atoms with Gasteiger partial charge in [0.25, 0.3) is 0 Å². The summed E-state index contributed by atoms with van der Waals surface area (Å²) in [6.07, 6.45) is 3.89. The predicted octanol–water partition coefficient (Wildman–Crippen LogP) is 0.369. The van der Waals surface area contributed by atoms with E-state index in [9.17, 15) is 4.79 Å². The number of carbonyl (C=O) groups excluding carboxylic acids is 1. The Morgan fingerprint density at radius 2 is 2.40 bits per heavy atom. The molecule has 2 rings (SSSR count). The van der Waals surface area contributed by atoms with Crippen LogP contribution in [0.15, 0.2) is 21.6 Å². The molecule has 0 aliphatic carbocycles. The van der Waals surface area contributed by atoms with Crippen LogP contribution in [0.25, 0.3) is 0 Å². The summed E-state index contributed by atoms with van der Waals surface area (Å²) in [5, 5.41) is 0. The zero-order valence-electron chi connectivity index (χ0n) is 5.37. The molecule has 0 saturated carbocycles. The highest BCUT2D eigenvalue weighted by Gasteiger charge is 2.20. The minimum absolute atomic E-state index is 0.169. The third-order valence-electron chi connectivity index (χ3n) is 1.58. The molecule has 0 aromatic heterocycles. The monoisotopic (exact) mass is 134 g/mol. The minimum atomic E-state index is 0.169. The van der Waals surface area contributed by atoms with E-state index in [1.165, 1.54) is 0 Å². The fourth-order valence-corrected chi connectivity index (χ4v) is 1.07. The highest BCUT2D eigenvalue weighted by atomic mass is 16.1. The van der Waals surface area contributed by atoms with Gasteiger partial charge in [0.2, 0.25) is 0 Å². The van der Waals surface area contributed by atoms with Crippen LogP contribution in [0.5, 0.6) is 0 Å². The highest BCUT2D eigenvalue weighted by molar-refractivity contribution is 6.28. The molecule has 0 bridgehead atoms. The van der Waals surface area contributed by atoms with Gasteiger partial charge in [0.15, 0.2) is 11.6 Å². The van der Waals surface area contributed by atoms with Crippen molar-refractivity contribution in [3.05, 3.63) is 11.6 Å². The molecule has 0 atom stereocenters. The highest BCUT2D eigenvalue weighted by Crippen LogP contribution is 2.13.